The predicted octanol–water partition coefficient (Wildman–Crippen LogP) is 11.6. The van der Waals surface area contributed by atoms with Gasteiger partial charge in [-0.1, -0.05) is 176 Å². The summed E-state index contributed by atoms with van der Waals surface area (Å²) in [5.74, 6) is -0.414. The Kier molecular flexibility index (Phi) is 40.4. The zero-order valence-corrected chi connectivity index (χ0v) is 41.5. The van der Waals surface area contributed by atoms with E-state index in [1.807, 2.05) is 0 Å². The lowest BCUT2D eigenvalue weighted by molar-refractivity contribution is -0.301. The molecule has 1 heterocycles. The summed E-state index contributed by atoms with van der Waals surface area (Å²) in [5.41, 5.74) is 0. The van der Waals surface area contributed by atoms with E-state index in [1.54, 1.807) is 0 Å². The molecule has 0 radical (unpaired) electrons. The van der Waals surface area contributed by atoms with Crippen molar-refractivity contribution in [1.82, 2.24) is 0 Å². The zero-order valence-electron chi connectivity index (χ0n) is 40.7. The molecule has 0 bridgehead atoms. The Labute approximate surface area is 400 Å². The maximum Gasteiger partial charge on any atom is 0.397 e. The van der Waals surface area contributed by atoms with E-state index >= 15 is 0 Å². The maximum atomic E-state index is 12.9. The van der Waals surface area contributed by atoms with E-state index in [2.05, 4.69) is 103 Å². The first-order valence-electron chi connectivity index (χ1n) is 25.3. The van der Waals surface area contributed by atoms with Crippen molar-refractivity contribution < 1.29 is 56.2 Å². The van der Waals surface area contributed by atoms with Gasteiger partial charge in [0.2, 0.25) is 0 Å². The van der Waals surface area contributed by atoms with Gasteiger partial charge >= 0.3 is 16.4 Å². The van der Waals surface area contributed by atoms with Crippen LogP contribution in [0.25, 0.3) is 0 Å². The van der Waals surface area contributed by atoms with Crippen LogP contribution in [0.2, 0.25) is 0 Å². The first-order valence-corrected chi connectivity index (χ1v) is 26.7. The molecule has 4 N–H and O–H groups in total. The largest absolute Gasteiger partial charge is 0.457 e. The highest BCUT2D eigenvalue weighted by Crippen LogP contribution is 2.26. The molecule has 1 fully saturated rings. The predicted molar refractivity (Wildman–Crippen MR) is 266 cm³/mol. The summed E-state index contributed by atoms with van der Waals surface area (Å²) in [6.45, 7) is 3.74. The number of ether oxygens (including phenoxy) is 4. The minimum Gasteiger partial charge on any atom is -0.457 e. The average Bonchev–Trinajstić information content (AvgIpc) is 3.29. The Balaban J connectivity index is 2.37. The van der Waals surface area contributed by atoms with Crippen LogP contribution in [-0.4, -0.2) is 97.5 Å². The topological polar surface area (TPSA) is 178 Å². The Hall–Kier alpha value is -2.72. The molecule has 1 aliphatic rings. The maximum absolute atomic E-state index is 12.9. The summed E-state index contributed by atoms with van der Waals surface area (Å²) < 4.78 is 59.2. The van der Waals surface area contributed by atoms with Gasteiger partial charge in [0.15, 0.2) is 6.29 Å². The van der Waals surface area contributed by atoms with Gasteiger partial charge in [-0.2, -0.15) is 8.42 Å². The molecule has 1 saturated heterocycles. The Morgan fingerprint density at radius 2 is 1.00 bits per heavy atom. The van der Waals surface area contributed by atoms with Gasteiger partial charge in [0.05, 0.1) is 19.8 Å². The minimum atomic E-state index is -5.07. The highest BCUT2D eigenvalue weighted by molar-refractivity contribution is 7.80. The number of unbranched alkanes of at least 4 members (excludes halogenated alkanes) is 16. The van der Waals surface area contributed by atoms with Crippen LogP contribution in [0.1, 0.15) is 181 Å². The van der Waals surface area contributed by atoms with E-state index < -0.39 is 59.8 Å². The number of rotatable bonds is 43. The van der Waals surface area contributed by atoms with Gasteiger partial charge in [-0.3, -0.25) is 9.35 Å². The summed E-state index contributed by atoms with van der Waals surface area (Å²) in [5, 5.41) is 30.8. The number of esters is 1. The van der Waals surface area contributed by atoms with E-state index in [4.69, 9.17) is 18.9 Å². The van der Waals surface area contributed by atoms with Crippen LogP contribution in [0.3, 0.4) is 0 Å². The van der Waals surface area contributed by atoms with Crippen molar-refractivity contribution in [1.29, 1.82) is 0 Å². The van der Waals surface area contributed by atoms with E-state index in [1.165, 1.54) is 51.4 Å². The van der Waals surface area contributed by atoms with Crippen LogP contribution in [0.15, 0.2) is 85.1 Å². The van der Waals surface area contributed by atoms with Crippen LogP contribution >= 0.6 is 0 Å². The van der Waals surface area contributed by atoms with Crippen LogP contribution in [0, 0.1) is 0 Å². The molecule has 1 aliphatic heterocycles. The van der Waals surface area contributed by atoms with Crippen LogP contribution in [-0.2, 0) is 38.3 Å². The standard InChI is InChI=1S/C53H90O12S/c1-3-5-7-9-11-13-15-17-19-21-22-23-24-25-27-29-31-33-35-37-39-41-43-61-45-47(46-62-53-51(57)52(65-66(58,59)60)50(56)48(44-54)64-53)63-49(55)42-40-38-36-34-32-30-28-26-20-18-16-14-12-10-8-6-4-2/h5-8,11-14,17-20,22-23,47-48,50-54,56-57H,3-4,9-10,15-16,21,24-46H2,1-2H3,(H,58,59,60)/b7-5-,8-6-,13-11-,14-12-,19-17-,20-18-,23-22-. The third-order valence-corrected chi connectivity index (χ3v) is 11.5. The molecule has 66 heavy (non-hydrogen) atoms. The third kappa shape index (κ3) is 36.3. The molecule has 12 nitrogen and oxygen atoms in total. The van der Waals surface area contributed by atoms with Crippen molar-refractivity contribution in [3.63, 3.8) is 0 Å². The van der Waals surface area contributed by atoms with Crippen LogP contribution in [0.4, 0.5) is 0 Å². The number of hydrogen-bond acceptors (Lipinski definition) is 11. The molecule has 6 unspecified atom stereocenters. The van der Waals surface area contributed by atoms with Crippen molar-refractivity contribution >= 4 is 16.4 Å². The van der Waals surface area contributed by atoms with Crippen molar-refractivity contribution in [2.75, 3.05) is 26.4 Å². The van der Waals surface area contributed by atoms with Gasteiger partial charge in [-0.15, -0.1) is 0 Å². The molecule has 0 spiro atoms. The fourth-order valence-electron chi connectivity index (χ4n) is 7.27. The Morgan fingerprint density at radius 3 is 1.45 bits per heavy atom. The number of carbonyl (C=O) groups excluding carboxylic acids is 1. The summed E-state index contributed by atoms with van der Waals surface area (Å²) in [7, 11) is -5.07. The van der Waals surface area contributed by atoms with Gasteiger partial charge < -0.3 is 34.3 Å². The van der Waals surface area contributed by atoms with Gasteiger partial charge in [0.1, 0.15) is 30.5 Å². The molecular weight excluding hydrogens is 861 g/mol. The van der Waals surface area contributed by atoms with Gasteiger partial charge in [-0.25, -0.2) is 4.18 Å². The van der Waals surface area contributed by atoms with E-state index in [0.29, 0.717) is 13.0 Å². The molecule has 0 aromatic rings. The number of hydrogen-bond donors (Lipinski definition) is 4. The second-order valence-electron chi connectivity index (χ2n) is 17.0. The highest BCUT2D eigenvalue weighted by atomic mass is 32.3. The molecule has 0 aliphatic carbocycles. The SMILES string of the molecule is CC/C=C\C/C=C\C/C=C\C/C=C\CCCCCCCCCCCOCC(COC1OC(CO)C(O)C(OS(=O)(=O)O)C1O)OC(=O)CCCCCCCCC/C=C\C/C=C\C/C=C\CC. The second kappa shape index (κ2) is 43.6. The molecular formula is C53H90O12S. The summed E-state index contributed by atoms with van der Waals surface area (Å²) in [6.07, 6.45) is 48.9. The summed E-state index contributed by atoms with van der Waals surface area (Å²) >= 11 is 0. The second-order valence-corrected chi connectivity index (χ2v) is 18.0. The quantitative estimate of drug-likeness (QED) is 0.0197. The van der Waals surface area contributed by atoms with E-state index in [-0.39, 0.29) is 19.6 Å². The lowest BCUT2D eigenvalue weighted by atomic mass is 9.99. The zero-order chi connectivity index (χ0) is 48.2. The number of aliphatic hydroxyl groups excluding tert-OH is 3. The van der Waals surface area contributed by atoms with Crippen molar-refractivity contribution in [2.45, 2.75) is 218 Å². The molecule has 6 atom stereocenters. The third-order valence-electron chi connectivity index (χ3n) is 11.0. The number of aliphatic hydroxyl groups is 3. The number of allylic oxidation sites excluding steroid dienone is 14. The van der Waals surface area contributed by atoms with E-state index in [0.717, 1.165) is 103 Å². The molecule has 380 valence electrons. The first kappa shape index (κ1) is 61.3. The average molecular weight is 951 g/mol. The molecule has 0 aromatic carbocycles. The smallest absolute Gasteiger partial charge is 0.397 e. The van der Waals surface area contributed by atoms with Crippen LogP contribution in [0.5, 0.6) is 0 Å². The summed E-state index contributed by atoms with van der Waals surface area (Å²) in [6, 6.07) is 0. The molecule has 1 rings (SSSR count). The summed E-state index contributed by atoms with van der Waals surface area (Å²) in [4.78, 5) is 12.9. The fourth-order valence-corrected chi connectivity index (χ4v) is 7.77. The first-order chi connectivity index (χ1) is 32.1. The lowest BCUT2D eigenvalue weighted by Crippen LogP contribution is -2.60. The number of carbonyl (C=O) groups is 1. The van der Waals surface area contributed by atoms with Crippen molar-refractivity contribution in [3.05, 3.63) is 85.1 Å². The van der Waals surface area contributed by atoms with E-state index in [9.17, 15) is 33.1 Å². The van der Waals surface area contributed by atoms with Gasteiger partial charge in [0.25, 0.3) is 0 Å². The monoisotopic (exact) mass is 951 g/mol. The molecule has 13 heteroatoms. The fraction of sp³-hybridized carbons (Fsp3) is 0.717. The lowest BCUT2D eigenvalue weighted by Gasteiger charge is -2.41. The minimum absolute atomic E-state index is 0.0228. The highest BCUT2D eigenvalue weighted by Gasteiger charge is 2.48. The van der Waals surface area contributed by atoms with Gasteiger partial charge in [-0.05, 0) is 83.5 Å². The van der Waals surface area contributed by atoms with Crippen molar-refractivity contribution in [2.24, 2.45) is 0 Å². The van der Waals surface area contributed by atoms with Crippen LogP contribution < -0.4 is 0 Å². The normalized spacial score (nSPS) is 20.2. The molecule has 0 amide bonds. The Bertz CT molecular complexity index is 1470. The molecule has 0 saturated carbocycles. The van der Waals surface area contributed by atoms with Gasteiger partial charge in [0, 0.05) is 13.0 Å². The Morgan fingerprint density at radius 1 is 0.576 bits per heavy atom. The van der Waals surface area contributed by atoms with Crippen molar-refractivity contribution in [3.8, 4) is 0 Å². The molecule has 0 aromatic heterocycles.